The van der Waals surface area contributed by atoms with E-state index in [4.69, 9.17) is 14.2 Å². The molecule has 1 aromatic heterocycles. The fraction of sp³-hybridized carbons (Fsp3) is 0.391. The molecule has 0 atom stereocenters. The molecule has 6 nitrogen and oxygen atoms in total. The van der Waals surface area contributed by atoms with Crippen molar-refractivity contribution in [2.45, 2.75) is 37.4 Å². The van der Waals surface area contributed by atoms with Gasteiger partial charge >= 0.3 is 0 Å². The molecule has 1 heterocycles. The summed E-state index contributed by atoms with van der Waals surface area (Å²) in [5.41, 5.74) is 2.88. The van der Waals surface area contributed by atoms with E-state index in [1.54, 1.807) is 18.9 Å². The van der Waals surface area contributed by atoms with Crippen molar-refractivity contribution in [1.29, 1.82) is 0 Å². The maximum absolute atomic E-state index is 5.99. The number of nitrogens with zero attached hydrogens (tertiary/aromatic N) is 3. The largest absolute Gasteiger partial charge is 0.493 e. The average Bonchev–Trinajstić information content (AvgIpc) is 3.14. The first-order valence-electron chi connectivity index (χ1n) is 10.3. The van der Waals surface area contributed by atoms with Gasteiger partial charge in [0.05, 0.1) is 13.7 Å². The van der Waals surface area contributed by atoms with Crippen molar-refractivity contribution in [3.05, 3.63) is 59.4 Å². The minimum absolute atomic E-state index is 0.403. The average molecular weight is 426 g/mol. The first-order valence-corrected chi connectivity index (χ1v) is 11.2. The number of para-hydroxylation sites is 2. The van der Waals surface area contributed by atoms with Crippen LogP contribution in [0.15, 0.2) is 47.6 Å². The highest BCUT2D eigenvalue weighted by Gasteiger charge is 2.13. The maximum atomic E-state index is 5.99. The van der Waals surface area contributed by atoms with Crippen LogP contribution in [0.4, 0.5) is 0 Å². The van der Waals surface area contributed by atoms with Gasteiger partial charge in [-0.25, -0.2) is 0 Å². The Bertz CT molecular complexity index is 990. The Morgan fingerprint density at radius 1 is 0.967 bits per heavy atom. The van der Waals surface area contributed by atoms with E-state index in [1.165, 1.54) is 30.4 Å². The van der Waals surface area contributed by atoms with Crippen LogP contribution in [0.5, 0.6) is 17.2 Å². The van der Waals surface area contributed by atoms with E-state index in [2.05, 4.69) is 28.4 Å². The Balaban J connectivity index is 1.27. The topological polar surface area (TPSA) is 58.4 Å². The maximum Gasteiger partial charge on any atom is 0.191 e. The summed E-state index contributed by atoms with van der Waals surface area (Å²) in [5, 5.41) is 9.43. The third-order valence-electron chi connectivity index (χ3n) is 5.25. The predicted octanol–water partition coefficient (Wildman–Crippen LogP) is 4.45. The molecular weight excluding hydrogens is 398 g/mol. The highest BCUT2D eigenvalue weighted by molar-refractivity contribution is 7.99. The second kappa shape index (κ2) is 9.89. The Hall–Kier alpha value is -2.67. The molecule has 0 fully saturated rings. The van der Waals surface area contributed by atoms with E-state index in [9.17, 15) is 0 Å². The van der Waals surface area contributed by atoms with Gasteiger partial charge in [-0.2, -0.15) is 0 Å². The van der Waals surface area contributed by atoms with Crippen molar-refractivity contribution in [3.63, 3.8) is 0 Å². The standard InChI is InChI=1S/C23H27N3O3S/c1-26-22(16-29-19-12-11-17-7-3-4-8-18(17)15-19)24-25-23(26)30-14-13-28-21-10-6-5-9-20(21)27-2/h5-6,9-12,15H,3-4,7-8,13-14,16H2,1-2H3. The summed E-state index contributed by atoms with van der Waals surface area (Å²) >= 11 is 1.61. The number of methoxy groups -OCH3 is 1. The minimum atomic E-state index is 0.403. The number of benzene rings is 2. The molecule has 4 rings (SSSR count). The lowest BCUT2D eigenvalue weighted by Gasteiger charge is -2.16. The van der Waals surface area contributed by atoms with Gasteiger partial charge < -0.3 is 18.8 Å². The van der Waals surface area contributed by atoms with Gasteiger partial charge in [-0.15, -0.1) is 10.2 Å². The molecule has 30 heavy (non-hydrogen) atoms. The van der Waals surface area contributed by atoms with E-state index >= 15 is 0 Å². The first kappa shape index (κ1) is 20.6. The Kier molecular flexibility index (Phi) is 6.79. The number of aryl methyl sites for hydroxylation is 2. The summed E-state index contributed by atoms with van der Waals surface area (Å²) in [4.78, 5) is 0. The van der Waals surface area contributed by atoms with Crippen molar-refractivity contribution in [1.82, 2.24) is 14.8 Å². The van der Waals surface area contributed by atoms with Crippen LogP contribution >= 0.6 is 11.8 Å². The van der Waals surface area contributed by atoms with Crippen molar-refractivity contribution < 1.29 is 14.2 Å². The van der Waals surface area contributed by atoms with Gasteiger partial charge in [-0.3, -0.25) is 0 Å². The number of rotatable bonds is 9. The van der Waals surface area contributed by atoms with Crippen LogP contribution in [-0.4, -0.2) is 34.2 Å². The smallest absolute Gasteiger partial charge is 0.191 e. The number of fused-ring (bicyclic) bond motifs is 1. The molecule has 158 valence electrons. The van der Waals surface area contributed by atoms with Gasteiger partial charge in [0.2, 0.25) is 0 Å². The molecule has 1 aliphatic rings. The van der Waals surface area contributed by atoms with E-state index in [0.717, 1.165) is 40.4 Å². The fourth-order valence-electron chi connectivity index (χ4n) is 3.57. The van der Waals surface area contributed by atoms with Crippen molar-refractivity contribution >= 4 is 11.8 Å². The van der Waals surface area contributed by atoms with Gasteiger partial charge in [0.25, 0.3) is 0 Å². The SMILES string of the molecule is COc1ccccc1OCCSc1nnc(COc2ccc3c(c2)CCCC3)n1C. The summed E-state index contributed by atoms with van der Waals surface area (Å²) in [6, 6.07) is 14.1. The van der Waals surface area contributed by atoms with E-state index < -0.39 is 0 Å². The van der Waals surface area contributed by atoms with E-state index in [-0.39, 0.29) is 0 Å². The molecule has 0 radical (unpaired) electrons. The van der Waals surface area contributed by atoms with E-state index in [0.29, 0.717) is 13.2 Å². The summed E-state index contributed by atoms with van der Waals surface area (Å²) < 4.78 is 19.1. The fourth-order valence-corrected chi connectivity index (χ4v) is 4.31. The van der Waals surface area contributed by atoms with Gasteiger partial charge in [0.15, 0.2) is 22.5 Å². The molecule has 0 N–H and O–H groups in total. The zero-order valence-electron chi connectivity index (χ0n) is 17.5. The second-order valence-electron chi connectivity index (χ2n) is 7.23. The van der Waals surface area contributed by atoms with Crippen LogP contribution in [0.3, 0.4) is 0 Å². The monoisotopic (exact) mass is 425 g/mol. The molecule has 0 amide bonds. The second-order valence-corrected chi connectivity index (χ2v) is 8.29. The number of hydrogen-bond acceptors (Lipinski definition) is 6. The van der Waals surface area contributed by atoms with Crippen LogP contribution in [0, 0.1) is 0 Å². The molecule has 3 aromatic rings. The number of thioether (sulfide) groups is 1. The highest BCUT2D eigenvalue weighted by Crippen LogP contribution is 2.27. The quantitative estimate of drug-likeness (QED) is 0.373. The van der Waals surface area contributed by atoms with Gasteiger partial charge in [-0.05, 0) is 61.1 Å². The third kappa shape index (κ3) is 4.90. The van der Waals surface area contributed by atoms with Crippen LogP contribution in [0.2, 0.25) is 0 Å². The molecule has 0 bridgehead atoms. The highest BCUT2D eigenvalue weighted by atomic mass is 32.2. The molecule has 0 saturated heterocycles. The van der Waals surface area contributed by atoms with Gasteiger partial charge in [0.1, 0.15) is 12.4 Å². The lowest BCUT2D eigenvalue weighted by atomic mass is 9.92. The molecule has 1 aliphatic carbocycles. The van der Waals surface area contributed by atoms with E-state index in [1.807, 2.05) is 35.9 Å². The molecular formula is C23H27N3O3S. The normalized spacial score (nSPS) is 13.0. The van der Waals surface area contributed by atoms with Crippen LogP contribution < -0.4 is 14.2 Å². The van der Waals surface area contributed by atoms with Crippen LogP contribution in [0.1, 0.15) is 29.8 Å². The first-order chi connectivity index (χ1) is 14.7. The summed E-state index contributed by atoms with van der Waals surface area (Å²) in [6.07, 6.45) is 4.88. The minimum Gasteiger partial charge on any atom is -0.493 e. The van der Waals surface area contributed by atoms with Crippen molar-refractivity contribution in [2.24, 2.45) is 7.05 Å². The molecule has 7 heteroatoms. The lowest BCUT2D eigenvalue weighted by molar-refractivity contribution is 0.290. The van der Waals surface area contributed by atoms with Gasteiger partial charge in [-0.1, -0.05) is 30.0 Å². The summed E-state index contributed by atoms with van der Waals surface area (Å²) in [6.45, 7) is 0.958. The number of aromatic nitrogens is 3. The van der Waals surface area contributed by atoms with Crippen LogP contribution in [0.25, 0.3) is 0 Å². The Morgan fingerprint density at radius 2 is 1.77 bits per heavy atom. The van der Waals surface area contributed by atoms with Crippen molar-refractivity contribution in [3.8, 4) is 17.2 Å². The van der Waals surface area contributed by atoms with Crippen LogP contribution in [-0.2, 0) is 26.5 Å². The molecule has 0 saturated carbocycles. The molecule has 0 aliphatic heterocycles. The molecule has 2 aromatic carbocycles. The zero-order valence-corrected chi connectivity index (χ0v) is 18.3. The Morgan fingerprint density at radius 3 is 2.60 bits per heavy atom. The molecule has 0 unspecified atom stereocenters. The zero-order chi connectivity index (χ0) is 20.8. The third-order valence-corrected chi connectivity index (χ3v) is 6.24. The number of hydrogen-bond donors (Lipinski definition) is 0. The summed E-state index contributed by atoms with van der Waals surface area (Å²) in [5.74, 6) is 3.95. The van der Waals surface area contributed by atoms with Gasteiger partial charge in [0, 0.05) is 12.8 Å². The molecule has 0 spiro atoms. The lowest BCUT2D eigenvalue weighted by Crippen LogP contribution is -2.07. The summed E-state index contributed by atoms with van der Waals surface area (Å²) in [7, 11) is 3.61. The predicted molar refractivity (Wildman–Crippen MR) is 118 cm³/mol. The van der Waals surface area contributed by atoms with Crippen molar-refractivity contribution in [2.75, 3.05) is 19.5 Å². The number of ether oxygens (including phenoxy) is 3. The Labute approximate surface area is 181 Å².